The first-order chi connectivity index (χ1) is 16.0. The highest BCUT2D eigenvalue weighted by Crippen LogP contribution is 2.38. The molecule has 2 aromatic carbocycles. The number of imidazole rings is 1. The van der Waals surface area contributed by atoms with Crippen LogP contribution in [0.25, 0.3) is 28.5 Å². The first-order valence-corrected chi connectivity index (χ1v) is 11.6. The van der Waals surface area contributed by atoms with Crippen molar-refractivity contribution in [2.75, 3.05) is 0 Å². The molecule has 0 fully saturated rings. The molecule has 0 aliphatic heterocycles. The molecule has 0 saturated heterocycles. The van der Waals surface area contributed by atoms with Crippen LogP contribution in [-0.4, -0.2) is 29.3 Å². The molecule has 164 valence electrons. The van der Waals surface area contributed by atoms with Crippen LogP contribution in [0.15, 0.2) is 82.8 Å². The molecule has 0 spiro atoms. The molecule has 0 bridgehead atoms. The van der Waals surface area contributed by atoms with E-state index in [4.69, 9.17) is 16.6 Å². The summed E-state index contributed by atoms with van der Waals surface area (Å²) >= 11 is 7.74. The molecular weight excluding hydrogens is 452 g/mol. The maximum absolute atomic E-state index is 6.09. The summed E-state index contributed by atoms with van der Waals surface area (Å²) in [4.78, 5) is 15.0. The van der Waals surface area contributed by atoms with E-state index in [1.165, 1.54) is 0 Å². The van der Waals surface area contributed by atoms with Gasteiger partial charge >= 0.3 is 0 Å². The van der Waals surface area contributed by atoms with Crippen molar-refractivity contribution in [2.24, 2.45) is 7.05 Å². The molecule has 0 saturated carbocycles. The van der Waals surface area contributed by atoms with Gasteiger partial charge in [0.15, 0.2) is 5.82 Å². The molecule has 0 aliphatic carbocycles. The SMILES string of the molecule is Cc1nc(C)n(-c2ccc(-c3nc(-c4ccccn4)n(C)c3Sc3ccc(Cl)cc3)cc2)n1. The monoisotopic (exact) mass is 472 g/mol. The molecule has 5 aromatic rings. The third-order valence-electron chi connectivity index (χ3n) is 5.22. The van der Waals surface area contributed by atoms with Crippen molar-refractivity contribution < 1.29 is 0 Å². The second-order valence-electron chi connectivity index (χ2n) is 7.58. The Bertz CT molecular complexity index is 1410. The number of benzene rings is 2. The topological polar surface area (TPSA) is 61.4 Å². The maximum atomic E-state index is 6.09. The van der Waals surface area contributed by atoms with Crippen molar-refractivity contribution in [3.8, 4) is 28.5 Å². The first-order valence-electron chi connectivity index (χ1n) is 10.4. The Morgan fingerprint density at radius 3 is 2.27 bits per heavy atom. The molecule has 3 aromatic heterocycles. The number of pyridine rings is 1. The first kappa shape index (κ1) is 21.4. The quantitative estimate of drug-likeness (QED) is 0.307. The molecule has 0 unspecified atom stereocenters. The summed E-state index contributed by atoms with van der Waals surface area (Å²) in [7, 11) is 2.02. The van der Waals surface area contributed by atoms with Crippen LogP contribution < -0.4 is 0 Å². The lowest BCUT2D eigenvalue weighted by Crippen LogP contribution is -1.99. The number of nitrogens with zero attached hydrogens (tertiary/aromatic N) is 6. The highest BCUT2D eigenvalue weighted by atomic mass is 35.5. The zero-order valence-electron chi connectivity index (χ0n) is 18.4. The van der Waals surface area contributed by atoms with Gasteiger partial charge in [-0.25, -0.2) is 14.6 Å². The van der Waals surface area contributed by atoms with Gasteiger partial charge < -0.3 is 4.57 Å². The second kappa shape index (κ2) is 8.84. The van der Waals surface area contributed by atoms with Crippen molar-refractivity contribution in [3.63, 3.8) is 0 Å². The van der Waals surface area contributed by atoms with E-state index >= 15 is 0 Å². The van der Waals surface area contributed by atoms with E-state index in [2.05, 4.69) is 31.8 Å². The summed E-state index contributed by atoms with van der Waals surface area (Å²) in [6, 6.07) is 21.9. The molecule has 0 N–H and O–H groups in total. The minimum atomic E-state index is 0.716. The van der Waals surface area contributed by atoms with E-state index in [-0.39, 0.29) is 0 Å². The van der Waals surface area contributed by atoms with Crippen molar-refractivity contribution in [1.82, 2.24) is 29.3 Å². The van der Waals surface area contributed by atoms with Gasteiger partial charge in [-0.05, 0) is 62.4 Å². The Kier molecular flexibility index (Phi) is 5.74. The van der Waals surface area contributed by atoms with Crippen LogP contribution in [0.2, 0.25) is 5.02 Å². The lowest BCUT2D eigenvalue weighted by atomic mass is 10.1. The number of halogens is 1. The third-order valence-corrected chi connectivity index (χ3v) is 6.65. The molecule has 3 heterocycles. The van der Waals surface area contributed by atoms with Gasteiger partial charge in [0.25, 0.3) is 0 Å². The average Bonchev–Trinajstić information content (AvgIpc) is 3.34. The van der Waals surface area contributed by atoms with Crippen molar-refractivity contribution in [3.05, 3.63) is 89.6 Å². The van der Waals surface area contributed by atoms with Crippen LogP contribution in [0.3, 0.4) is 0 Å². The molecule has 5 rings (SSSR count). The number of hydrogen-bond donors (Lipinski definition) is 0. The lowest BCUT2D eigenvalue weighted by Gasteiger charge is -2.08. The maximum Gasteiger partial charge on any atom is 0.159 e. The number of rotatable bonds is 5. The van der Waals surface area contributed by atoms with Crippen molar-refractivity contribution in [1.29, 1.82) is 0 Å². The zero-order valence-corrected chi connectivity index (χ0v) is 20.0. The molecule has 33 heavy (non-hydrogen) atoms. The predicted octanol–water partition coefficient (Wildman–Crippen LogP) is 6.15. The summed E-state index contributed by atoms with van der Waals surface area (Å²) in [5.74, 6) is 2.42. The standard InChI is InChI=1S/C25H21ClN6S/c1-16-28-17(2)32(30-16)20-11-7-18(8-12-20)23-25(33-21-13-9-19(26)10-14-21)31(3)24(29-23)22-6-4-5-15-27-22/h4-15H,1-3H3. The third kappa shape index (κ3) is 4.29. The van der Waals surface area contributed by atoms with Gasteiger partial charge in [-0.3, -0.25) is 4.98 Å². The van der Waals surface area contributed by atoms with Crippen LogP contribution in [0, 0.1) is 13.8 Å². The van der Waals surface area contributed by atoms with E-state index in [1.807, 2.05) is 80.2 Å². The van der Waals surface area contributed by atoms with Gasteiger partial charge in [0.05, 0.1) is 5.69 Å². The largest absolute Gasteiger partial charge is 0.320 e. The van der Waals surface area contributed by atoms with E-state index in [0.29, 0.717) is 5.02 Å². The zero-order chi connectivity index (χ0) is 22.9. The van der Waals surface area contributed by atoms with Gasteiger partial charge in [-0.15, -0.1) is 0 Å². The average molecular weight is 473 g/mol. The summed E-state index contributed by atoms with van der Waals surface area (Å²) in [5.41, 5.74) is 3.71. The number of aromatic nitrogens is 6. The van der Waals surface area contributed by atoms with Gasteiger partial charge in [-0.2, -0.15) is 5.10 Å². The van der Waals surface area contributed by atoms with E-state index in [9.17, 15) is 0 Å². The molecule has 8 heteroatoms. The molecule has 6 nitrogen and oxygen atoms in total. The Morgan fingerprint density at radius 2 is 1.64 bits per heavy atom. The minimum Gasteiger partial charge on any atom is -0.320 e. The Morgan fingerprint density at radius 1 is 0.879 bits per heavy atom. The predicted molar refractivity (Wildman–Crippen MR) is 132 cm³/mol. The van der Waals surface area contributed by atoms with Crippen LogP contribution in [0.4, 0.5) is 0 Å². The molecule has 0 atom stereocenters. The van der Waals surface area contributed by atoms with Crippen LogP contribution >= 0.6 is 23.4 Å². The van der Waals surface area contributed by atoms with E-state index < -0.39 is 0 Å². The molecule has 0 aliphatic rings. The Hall–Kier alpha value is -3.42. The van der Waals surface area contributed by atoms with Crippen molar-refractivity contribution in [2.45, 2.75) is 23.8 Å². The van der Waals surface area contributed by atoms with Crippen molar-refractivity contribution >= 4 is 23.4 Å². The minimum absolute atomic E-state index is 0.716. The molecule has 0 radical (unpaired) electrons. The highest BCUT2D eigenvalue weighted by Gasteiger charge is 2.19. The van der Waals surface area contributed by atoms with Crippen LogP contribution in [0.5, 0.6) is 0 Å². The van der Waals surface area contributed by atoms with E-state index in [0.717, 1.165) is 50.0 Å². The fourth-order valence-electron chi connectivity index (χ4n) is 3.65. The fraction of sp³-hybridized carbons (Fsp3) is 0.120. The summed E-state index contributed by atoms with van der Waals surface area (Å²) in [5, 5.41) is 6.23. The summed E-state index contributed by atoms with van der Waals surface area (Å²) in [6.07, 6.45) is 1.78. The molecular formula is C25H21ClN6S. The smallest absolute Gasteiger partial charge is 0.159 e. The van der Waals surface area contributed by atoms with E-state index in [1.54, 1.807) is 18.0 Å². The van der Waals surface area contributed by atoms with Gasteiger partial charge in [0, 0.05) is 28.7 Å². The fourth-order valence-corrected chi connectivity index (χ4v) is 4.76. The van der Waals surface area contributed by atoms with Gasteiger partial charge in [0.2, 0.25) is 0 Å². The summed E-state index contributed by atoms with van der Waals surface area (Å²) in [6.45, 7) is 3.85. The van der Waals surface area contributed by atoms with Crippen LogP contribution in [0.1, 0.15) is 11.6 Å². The normalized spacial score (nSPS) is 11.2. The Balaban J connectivity index is 1.59. The summed E-state index contributed by atoms with van der Waals surface area (Å²) < 4.78 is 3.94. The van der Waals surface area contributed by atoms with Crippen LogP contribution in [-0.2, 0) is 7.05 Å². The molecule has 0 amide bonds. The Labute approximate surface area is 201 Å². The van der Waals surface area contributed by atoms with Gasteiger partial charge in [0.1, 0.15) is 28.1 Å². The van der Waals surface area contributed by atoms with Gasteiger partial charge in [-0.1, -0.05) is 41.6 Å². The highest BCUT2D eigenvalue weighted by molar-refractivity contribution is 7.99. The number of aryl methyl sites for hydroxylation is 2. The lowest BCUT2D eigenvalue weighted by molar-refractivity contribution is 0.829. The number of hydrogen-bond acceptors (Lipinski definition) is 5. The second-order valence-corrected chi connectivity index (χ2v) is 9.08.